The second-order valence-electron chi connectivity index (χ2n) is 7.45. The molecule has 4 rings (SSSR count). The Morgan fingerprint density at radius 2 is 1.97 bits per heavy atom. The molecule has 11 heteroatoms. The minimum Gasteiger partial charge on any atom is -0.453 e. The Bertz CT molecular complexity index is 1300. The molecular weight excluding hydrogens is 463 g/mol. The lowest BCUT2D eigenvalue weighted by atomic mass is 10.2. The number of piperazine rings is 1. The zero-order chi connectivity index (χ0) is 24.1. The lowest BCUT2D eigenvalue weighted by Crippen LogP contribution is -2.49. The number of pyridine rings is 1. The molecule has 0 spiro atoms. The number of benzene rings is 2. The maximum absolute atomic E-state index is 14.4. The topological polar surface area (TPSA) is 118 Å². The van der Waals surface area contributed by atoms with Crippen molar-refractivity contribution < 1.29 is 27.1 Å². The molecule has 1 aliphatic heterocycles. The highest BCUT2D eigenvalue weighted by molar-refractivity contribution is 7.89. The highest BCUT2D eigenvalue weighted by Crippen LogP contribution is 2.24. The first-order chi connectivity index (χ1) is 16.3. The number of nitrogens with zero attached hydrogens (tertiary/aromatic N) is 2. The summed E-state index contributed by atoms with van der Waals surface area (Å²) in [7, 11) is -3.84. The summed E-state index contributed by atoms with van der Waals surface area (Å²) < 4.78 is 46.3. The number of carbonyl (C=O) groups is 2. The Hall–Kier alpha value is -3.83. The van der Waals surface area contributed by atoms with Crippen LogP contribution in [0.1, 0.15) is 15.9 Å². The van der Waals surface area contributed by atoms with E-state index in [1.807, 2.05) is 0 Å². The predicted octanol–water partition coefficient (Wildman–Crippen LogP) is 2.06. The Labute approximate surface area is 195 Å². The number of hydrogen-bond acceptors (Lipinski definition) is 6. The summed E-state index contributed by atoms with van der Waals surface area (Å²) in [6.45, 7) is 0.244. The van der Waals surface area contributed by atoms with Gasteiger partial charge in [-0.25, -0.2) is 12.8 Å². The van der Waals surface area contributed by atoms with Gasteiger partial charge in [0, 0.05) is 31.4 Å². The Kier molecular flexibility index (Phi) is 6.85. The first-order valence-electron chi connectivity index (χ1n) is 10.3. The van der Waals surface area contributed by atoms with Gasteiger partial charge in [0.15, 0.2) is 11.6 Å². The molecule has 1 aromatic heterocycles. The number of halogens is 1. The number of hydrogen-bond donors (Lipinski definition) is 2. The third-order valence-electron chi connectivity index (χ3n) is 5.07. The molecule has 1 fully saturated rings. The molecule has 34 heavy (non-hydrogen) atoms. The van der Waals surface area contributed by atoms with Crippen LogP contribution in [-0.4, -0.2) is 49.2 Å². The third-order valence-corrected chi connectivity index (χ3v) is 6.93. The van der Waals surface area contributed by atoms with E-state index in [9.17, 15) is 22.4 Å². The van der Waals surface area contributed by atoms with E-state index in [2.05, 4.69) is 15.6 Å². The van der Waals surface area contributed by atoms with Gasteiger partial charge in [-0.05, 0) is 54.1 Å². The van der Waals surface area contributed by atoms with Gasteiger partial charge < -0.3 is 15.4 Å². The van der Waals surface area contributed by atoms with E-state index < -0.39 is 21.7 Å². The van der Waals surface area contributed by atoms with Crippen molar-refractivity contribution in [3.05, 3.63) is 83.9 Å². The second kappa shape index (κ2) is 9.98. The number of aromatic nitrogens is 1. The first-order valence-corrected chi connectivity index (χ1v) is 11.8. The fraction of sp³-hybridized carbons (Fsp3) is 0.174. The zero-order valence-corrected chi connectivity index (χ0v) is 18.7. The monoisotopic (exact) mass is 484 g/mol. The summed E-state index contributed by atoms with van der Waals surface area (Å²) in [4.78, 5) is 27.9. The summed E-state index contributed by atoms with van der Waals surface area (Å²) in [5, 5.41) is 5.24. The van der Waals surface area contributed by atoms with Crippen LogP contribution in [0, 0.1) is 5.82 Å². The smallest absolute Gasteiger partial charge is 0.251 e. The van der Waals surface area contributed by atoms with Crippen LogP contribution >= 0.6 is 0 Å². The van der Waals surface area contributed by atoms with Crippen LogP contribution in [0.4, 0.5) is 4.39 Å². The average molecular weight is 485 g/mol. The van der Waals surface area contributed by atoms with Crippen LogP contribution in [0.2, 0.25) is 0 Å². The van der Waals surface area contributed by atoms with Crippen LogP contribution < -0.4 is 15.4 Å². The molecule has 2 aromatic carbocycles. The molecular formula is C23H21FN4O5S. The van der Waals surface area contributed by atoms with Crippen molar-refractivity contribution in [2.45, 2.75) is 11.4 Å². The molecule has 0 atom stereocenters. The van der Waals surface area contributed by atoms with Gasteiger partial charge in [-0.15, -0.1) is 0 Å². The Morgan fingerprint density at radius 3 is 2.65 bits per heavy atom. The molecule has 2 heterocycles. The van der Waals surface area contributed by atoms with Gasteiger partial charge in [0.05, 0.1) is 17.6 Å². The highest BCUT2D eigenvalue weighted by atomic mass is 32.2. The maximum Gasteiger partial charge on any atom is 0.251 e. The largest absolute Gasteiger partial charge is 0.453 e. The zero-order valence-electron chi connectivity index (χ0n) is 17.9. The highest BCUT2D eigenvalue weighted by Gasteiger charge is 2.29. The molecule has 3 aromatic rings. The SMILES string of the molecule is O=C1CN(S(=O)(=O)c2ccc(C(=O)NCc3ccc(Oc4cccnc4)c(F)c3)cc2)CCN1. The number of amides is 2. The van der Waals surface area contributed by atoms with Crippen LogP contribution in [0.3, 0.4) is 0 Å². The maximum atomic E-state index is 14.4. The lowest BCUT2D eigenvalue weighted by Gasteiger charge is -2.25. The van der Waals surface area contributed by atoms with E-state index in [1.165, 1.54) is 42.6 Å². The van der Waals surface area contributed by atoms with Crippen molar-refractivity contribution in [3.63, 3.8) is 0 Å². The van der Waals surface area contributed by atoms with Crippen molar-refractivity contribution in [1.82, 2.24) is 19.9 Å². The molecule has 0 bridgehead atoms. The summed E-state index contributed by atoms with van der Waals surface area (Å²) in [6, 6.07) is 13.1. The number of sulfonamides is 1. The van der Waals surface area contributed by atoms with E-state index >= 15 is 0 Å². The molecule has 0 aliphatic carbocycles. The minimum absolute atomic E-state index is 0.00924. The van der Waals surface area contributed by atoms with E-state index in [4.69, 9.17) is 4.74 Å². The van der Waals surface area contributed by atoms with E-state index in [0.717, 1.165) is 4.31 Å². The predicted molar refractivity (Wildman–Crippen MR) is 120 cm³/mol. The first kappa shape index (κ1) is 23.3. The lowest BCUT2D eigenvalue weighted by molar-refractivity contribution is -0.122. The van der Waals surface area contributed by atoms with E-state index in [0.29, 0.717) is 11.3 Å². The van der Waals surface area contributed by atoms with Gasteiger partial charge in [0.1, 0.15) is 5.75 Å². The van der Waals surface area contributed by atoms with Gasteiger partial charge in [-0.1, -0.05) is 6.07 Å². The molecule has 0 radical (unpaired) electrons. The third kappa shape index (κ3) is 5.38. The molecule has 176 valence electrons. The van der Waals surface area contributed by atoms with Gasteiger partial charge in [0.25, 0.3) is 5.91 Å². The standard InChI is InChI=1S/C23H21FN4O5S/c24-20-12-16(3-8-21(20)33-18-2-1-9-25-14-18)13-27-23(30)17-4-6-19(7-5-17)34(31,32)28-11-10-26-22(29)15-28/h1-9,12,14H,10-11,13,15H2,(H,26,29)(H,27,30). The van der Waals surface area contributed by atoms with Crippen LogP contribution in [0.15, 0.2) is 71.9 Å². The number of carbonyl (C=O) groups excluding carboxylic acids is 2. The Morgan fingerprint density at radius 1 is 1.18 bits per heavy atom. The molecule has 1 aliphatic rings. The summed E-state index contributed by atoms with van der Waals surface area (Å²) in [6.07, 6.45) is 3.05. The van der Waals surface area contributed by atoms with Crippen molar-refractivity contribution in [1.29, 1.82) is 0 Å². The molecule has 1 saturated heterocycles. The van der Waals surface area contributed by atoms with Crippen LogP contribution in [-0.2, 0) is 21.4 Å². The van der Waals surface area contributed by atoms with Crippen LogP contribution in [0.25, 0.3) is 0 Å². The normalized spacial score (nSPS) is 14.3. The summed E-state index contributed by atoms with van der Waals surface area (Å²) in [5.41, 5.74) is 0.763. The van der Waals surface area contributed by atoms with Gasteiger partial charge >= 0.3 is 0 Å². The van der Waals surface area contributed by atoms with Crippen LogP contribution in [0.5, 0.6) is 11.5 Å². The average Bonchev–Trinajstić information content (AvgIpc) is 2.85. The summed E-state index contributed by atoms with van der Waals surface area (Å²) in [5.74, 6) is -0.963. The molecule has 0 unspecified atom stereocenters. The van der Waals surface area contributed by atoms with E-state index in [1.54, 1.807) is 24.4 Å². The molecule has 0 saturated carbocycles. The fourth-order valence-electron chi connectivity index (χ4n) is 3.30. The quantitative estimate of drug-likeness (QED) is 0.530. The van der Waals surface area contributed by atoms with Gasteiger partial charge in [0.2, 0.25) is 15.9 Å². The van der Waals surface area contributed by atoms with Crippen molar-refractivity contribution in [2.24, 2.45) is 0 Å². The number of nitrogens with one attached hydrogen (secondary N) is 2. The number of ether oxygens (including phenoxy) is 1. The Balaban J connectivity index is 1.37. The van der Waals surface area contributed by atoms with Gasteiger partial charge in [-0.3, -0.25) is 14.6 Å². The van der Waals surface area contributed by atoms with Crippen molar-refractivity contribution in [3.8, 4) is 11.5 Å². The molecule has 2 N–H and O–H groups in total. The molecule has 9 nitrogen and oxygen atoms in total. The molecule has 2 amide bonds. The van der Waals surface area contributed by atoms with Crippen molar-refractivity contribution in [2.75, 3.05) is 19.6 Å². The van der Waals surface area contributed by atoms with Crippen molar-refractivity contribution >= 4 is 21.8 Å². The van der Waals surface area contributed by atoms with E-state index in [-0.39, 0.29) is 48.3 Å². The number of rotatable bonds is 7. The minimum atomic E-state index is -3.84. The fourth-order valence-corrected chi connectivity index (χ4v) is 4.70. The second-order valence-corrected chi connectivity index (χ2v) is 9.39. The van der Waals surface area contributed by atoms with Gasteiger partial charge in [-0.2, -0.15) is 4.31 Å². The summed E-state index contributed by atoms with van der Waals surface area (Å²) >= 11 is 0.